The Kier molecular flexibility index (Phi) is 4.97. The second-order valence-electron chi connectivity index (χ2n) is 5.88. The second kappa shape index (κ2) is 6.11. The maximum absolute atomic E-state index is 12.1. The fourth-order valence-corrected chi connectivity index (χ4v) is 2.11. The Labute approximate surface area is 118 Å². The number of nitrogens with one attached hydrogen (secondary N) is 1. The first kappa shape index (κ1) is 16.3. The molecule has 1 aliphatic rings. The Morgan fingerprint density at radius 2 is 1.90 bits per heavy atom. The summed E-state index contributed by atoms with van der Waals surface area (Å²) in [5.74, 6) is -1.75. The molecule has 1 aliphatic heterocycles. The summed E-state index contributed by atoms with van der Waals surface area (Å²) in [4.78, 5) is 38.1. The summed E-state index contributed by atoms with van der Waals surface area (Å²) in [5, 5.41) is 11.5. The number of carboxylic acids is 1. The Bertz CT molecular complexity index is 406. The van der Waals surface area contributed by atoms with Crippen molar-refractivity contribution in [2.75, 3.05) is 27.2 Å². The van der Waals surface area contributed by atoms with Crippen molar-refractivity contribution in [3.63, 3.8) is 0 Å². The monoisotopic (exact) mass is 285 g/mol. The van der Waals surface area contributed by atoms with E-state index in [4.69, 9.17) is 5.11 Å². The summed E-state index contributed by atoms with van der Waals surface area (Å²) in [6.07, 6.45) is 1.41. The van der Waals surface area contributed by atoms with Gasteiger partial charge < -0.3 is 20.2 Å². The Balaban J connectivity index is 2.66. The number of piperidine rings is 1. The number of carbonyl (C=O) groups is 3. The van der Waals surface area contributed by atoms with Gasteiger partial charge in [0.05, 0.1) is 5.92 Å². The van der Waals surface area contributed by atoms with Crippen molar-refractivity contribution in [2.45, 2.75) is 32.2 Å². The van der Waals surface area contributed by atoms with Crippen molar-refractivity contribution < 1.29 is 19.5 Å². The predicted octanol–water partition coefficient (Wildman–Crippen LogP) is 0.359. The van der Waals surface area contributed by atoms with Gasteiger partial charge in [-0.1, -0.05) is 0 Å². The molecular weight excluding hydrogens is 262 g/mol. The molecule has 0 bridgehead atoms. The van der Waals surface area contributed by atoms with E-state index in [1.54, 1.807) is 19.0 Å². The highest BCUT2D eigenvalue weighted by Crippen LogP contribution is 2.18. The molecule has 20 heavy (non-hydrogen) atoms. The third-order valence-corrected chi connectivity index (χ3v) is 3.42. The van der Waals surface area contributed by atoms with Crippen LogP contribution in [-0.2, 0) is 9.59 Å². The maximum Gasteiger partial charge on any atom is 0.328 e. The molecule has 114 valence electrons. The molecule has 1 rings (SSSR count). The minimum atomic E-state index is -1.30. The normalized spacial score (nSPS) is 19.4. The number of carbonyl (C=O) groups excluding carboxylic acids is 2. The highest BCUT2D eigenvalue weighted by atomic mass is 16.4. The van der Waals surface area contributed by atoms with E-state index in [2.05, 4.69) is 5.32 Å². The van der Waals surface area contributed by atoms with Crippen LogP contribution < -0.4 is 5.32 Å². The van der Waals surface area contributed by atoms with E-state index in [1.807, 2.05) is 0 Å². The fourth-order valence-electron chi connectivity index (χ4n) is 2.11. The zero-order valence-electron chi connectivity index (χ0n) is 12.5. The first-order valence-electron chi connectivity index (χ1n) is 6.67. The van der Waals surface area contributed by atoms with E-state index in [-0.39, 0.29) is 17.9 Å². The van der Waals surface area contributed by atoms with Crippen LogP contribution in [0.1, 0.15) is 26.7 Å². The highest BCUT2D eigenvalue weighted by molar-refractivity contribution is 5.88. The fraction of sp³-hybridized carbons (Fsp3) is 0.769. The lowest BCUT2D eigenvalue weighted by Crippen LogP contribution is -2.54. The Morgan fingerprint density at radius 3 is 2.40 bits per heavy atom. The van der Waals surface area contributed by atoms with Crippen LogP contribution in [0.15, 0.2) is 0 Å². The van der Waals surface area contributed by atoms with Gasteiger partial charge in [-0.3, -0.25) is 4.79 Å². The van der Waals surface area contributed by atoms with Gasteiger partial charge in [0, 0.05) is 27.2 Å². The smallest absolute Gasteiger partial charge is 0.328 e. The van der Waals surface area contributed by atoms with Crippen LogP contribution in [0.5, 0.6) is 0 Å². The average Bonchev–Trinajstić information content (AvgIpc) is 2.37. The molecule has 1 fully saturated rings. The number of likely N-dealkylation sites (tertiary alicyclic amines) is 1. The Morgan fingerprint density at radius 1 is 1.30 bits per heavy atom. The molecule has 1 heterocycles. The predicted molar refractivity (Wildman–Crippen MR) is 73.2 cm³/mol. The van der Waals surface area contributed by atoms with Crippen molar-refractivity contribution in [3.8, 4) is 0 Å². The van der Waals surface area contributed by atoms with Gasteiger partial charge >= 0.3 is 12.0 Å². The van der Waals surface area contributed by atoms with E-state index in [0.717, 1.165) is 6.42 Å². The quantitative estimate of drug-likeness (QED) is 0.783. The van der Waals surface area contributed by atoms with Crippen LogP contribution in [0.4, 0.5) is 4.79 Å². The number of amides is 3. The minimum absolute atomic E-state index is 0.125. The third kappa shape index (κ3) is 3.85. The van der Waals surface area contributed by atoms with Gasteiger partial charge in [0.15, 0.2) is 0 Å². The molecule has 0 saturated carbocycles. The van der Waals surface area contributed by atoms with Gasteiger partial charge in [-0.05, 0) is 26.7 Å². The topological polar surface area (TPSA) is 90.0 Å². The van der Waals surface area contributed by atoms with E-state index >= 15 is 0 Å². The lowest BCUT2D eigenvalue weighted by atomic mass is 9.95. The van der Waals surface area contributed by atoms with Crippen LogP contribution in [0, 0.1) is 5.92 Å². The largest absolute Gasteiger partial charge is 0.480 e. The van der Waals surface area contributed by atoms with Gasteiger partial charge in [0.1, 0.15) is 5.54 Å². The molecule has 1 saturated heterocycles. The highest BCUT2D eigenvalue weighted by Gasteiger charge is 2.34. The summed E-state index contributed by atoms with van der Waals surface area (Å²) in [6, 6.07) is -0.125. The molecule has 0 aromatic carbocycles. The number of aliphatic carboxylic acids is 1. The van der Waals surface area contributed by atoms with Crippen molar-refractivity contribution in [2.24, 2.45) is 5.92 Å². The van der Waals surface area contributed by atoms with E-state index in [0.29, 0.717) is 19.5 Å². The number of rotatable bonds is 3. The molecule has 1 unspecified atom stereocenters. The van der Waals surface area contributed by atoms with Crippen LogP contribution in [0.25, 0.3) is 0 Å². The van der Waals surface area contributed by atoms with Gasteiger partial charge in [-0.25, -0.2) is 9.59 Å². The molecular formula is C13H23N3O4. The van der Waals surface area contributed by atoms with Gasteiger partial charge in [-0.15, -0.1) is 0 Å². The van der Waals surface area contributed by atoms with E-state index < -0.39 is 11.5 Å². The van der Waals surface area contributed by atoms with Crippen molar-refractivity contribution in [1.29, 1.82) is 0 Å². The second-order valence-corrected chi connectivity index (χ2v) is 5.88. The molecule has 0 radical (unpaired) electrons. The molecule has 0 spiro atoms. The van der Waals surface area contributed by atoms with Gasteiger partial charge in [-0.2, -0.15) is 0 Å². The zero-order valence-corrected chi connectivity index (χ0v) is 12.5. The van der Waals surface area contributed by atoms with Gasteiger partial charge in [0.2, 0.25) is 5.91 Å². The van der Waals surface area contributed by atoms with E-state index in [1.165, 1.54) is 18.7 Å². The Hall–Kier alpha value is -1.79. The van der Waals surface area contributed by atoms with E-state index in [9.17, 15) is 14.4 Å². The molecule has 3 amide bonds. The van der Waals surface area contributed by atoms with Crippen LogP contribution in [0.3, 0.4) is 0 Å². The third-order valence-electron chi connectivity index (χ3n) is 3.42. The summed E-state index contributed by atoms with van der Waals surface area (Å²) in [6.45, 7) is 3.85. The minimum Gasteiger partial charge on any atom is -0.480 e. The molecule has 1 atom stereocenters. The SMILES string of the molecule is CN(C)C(=O)N1CCCC(C(=O)NC(C)(C)C(=O)O)C1. The van der Waals surface area contributed by atoms with Crippen molar-refractivity contribution in [3.05, 3.63) is 0 Å². The number of nitrogens with zero attached hydrogens (tertiary/aromatic N) is 2. The molecule has 0 aromatic rings. The summed E-state index contributed by atoms with van der Waals surface area (Å²) in [5.41, 5.74) is -1.30. The number of hydrogen-bond donors (Lipinski definition) is 2. The van der Waals surface area contributed by atoms with Crippen LogP contribution in [0.2, 0.25) is 0 Å². The molecule has 2 N–H and O–H groups in total. The van der Waals surface area contributed by atoms with Crippen molar-refractivity contribution >= 4 is 17.9 Å². The first-order chi connectivity index (χ1) is 9.15. The molecule has 0 aliphatic carbocycles. The lowest BCUT2D eigenvalue weighted by Gasteiger charge is -2.34. The van der Waals surface area contributed by atoms with Crippen LogP contribution in [-0.4, -0.2) is 65.5 Å². The number of urea groups is 1. The standard InChI is InChI=1S/C13H23N3O4/c1-13(2,11(18)19)14-10(17)9-6-5-7-16(8-9)12(20)15(3)4/h9H,5-8H2,1-4H3,(H,14,17)(H,18,19). The number of carboxylic acid groups (broad SMARTS) is 1. The summed E-state index contributed by atoms with van der Waals surface area (Å²) >= 11 is 0. The molecule has 0 aromatic heterocycles. The van der Waals surface area contributed by atoms with Crippen molar-refractivity contribution in [1.82, 2.24) is 15.1 Å². The molecule has 7 heteroatoms. The average molecular weight is 285 g/mol. The van der Waals surface area contributed by atoms with Crippen LogP contribution >= 0.6 is 0 Å². The summed E-state index contributed by atoms with van der Waals surface area (Å²) in [7, 11) is 3.33. The molecule has 7 nitrogen and oxygen atoms in total. The zero-order chi connectivity index (χ0) is 15.5. The first-order valence-corrected chi connectivity index (χ1v) is 6.67. The lowest BCUT2D eigenvalue weighted by molar-refractivity contribution is -0.147. The number of hydrogen-bond acceptors (Lipinski definition) is 3. The maximum atomic E-state index is 12.1. The van der Waals surface area contributed by atoms with Gasteiger partial charge in [0.25, 0.3) is 0 Å². The summed E-state index contributed by atoms with van der Waals surface area (Å²) < 4.78 is 0.